The Kier molecular flexibility index (Phi) is 3.16. The number of H-pyrrole nitrogens is 1. The molecule has 29 heavy (non-hydrogen) atoms. The Balaban J connectivity index is 1.79. The number of nitrogens with zero attached hydrogens (tertiary/aromatic N) is 2. The number of hydrogen-bond acceptors (Lipinski definition) is 1. The van der Waals surface area contributed by atoms with Gasteiger partial charge in [-0.25, -0.2) is 0 Å². The van der Waals surface area contributed by atoms with Crippen LogP contribution in [0.1, 0.15) is 11.1 Å². The van der Waals surface area contributed by atoms with E-state index in [4.69, 9.17) is 0 Å². The van der Waals surface area contributed by atoms with Crippen molar-refractivity contribution in [2.24, 2.45) is 0 Å². The fraction of sp³-hybridized carbons (Fsp3) is 0.0385. The monoisotopic (exact) mass is 371 g/mol. The number of fused-ring (bicyclic) bond motifs is 6. The second-order valence-corrected chi connectivity index (χ2v) is 7.57. The maximum absolute atomic E-state index is 9.80. The van der Waals surface area contributed by atoms with E-state index >= 15 is 0 Å². The highest BCUT2D eigenvalue weighted by atomic mass is 15.0. The first-order valence-electron chi connectivity index (χ1n) is 9.69. The van der Waals surface area contributed by atoms with Crippen molar-refractivity contribution in [2.75, 3.05) is 0 Å². The van der Waals surface area contributed by atoms with Crippen LogP contribution in [-0.4, -0.2) is 9.55 Å². The van der Waals surface area contributed by atoms with Crippen LogP contribution in [0.25, 0.3) is 49.3 Å². The SMILES string of the molecule is Cc1ccc2c(c1)c1cccc(C#N)c1n2-c1ccc2[nH]c3ccccc3c2c1. The number of hydrogen-bond donors (Lipinski definition) is 1. The van der Waals surface area contributed by atoms with Crippen molar-refractivity contribution in [2.45, 2.75) is 6.92 Å². The van der Waals surface area contributed by atoms with Crippen molar-refractivity contribution in [3.63, 3.8) is 0 Å². The number of rotatable bonds is 1. The summed E-state index contributed by atoms with van der Waals surface area (Å²) in [5.41, 5.74) is 7.31. The van der Waals surface area contributed by atoms with Gasteiger partial charge in [-0.15, -0.1) is 0 Å². The molecule has 0 radical (unpaired) electrons. The van der Waals surface area contributed by atoms with E-state index in [0.717, 1.165) is 33.1 Å². The first-order chi connectivity index (χ1) is 14.2. The minimum absolute atomic E-state index is 0.690. The lowest BCUT2D eigenvalue weighted by molar-refractivity contribution is 1.18. The fourth-order valence-electron chi connectivity index (χ4n) is 4.52. The van der Waals surface area contributed by atoms with E-state index in [9.17, 15) is 5.26 Å². The zero-order chi connectivity index (χ0) is 19.5. The largest absolute Gasteiger partial charge is 0.355 e. The molecule has 0 unspecified atom stereocenters. The molecule has 0 amide bonds. The molecule has 0 atom stereocenters. The van der Waals surface area contributed by atoms with Gasteiger partial charge in [0.1, 0.15) is 6.07 Å². The smallest absolute Gasteiger partial charge is 0.101 e. The first kappa shape index (κ1) is 16.0. The summed E-state index contributed by atoms with van der Waals surface area (Å²) in [5, 5.41) is 14.5. The van der Waals surface area contributed by atoms with Crippen LogP contribution in [0.4, 0.5) is 0 Å². The van der Waals surface area contributed by atoms with E-state index in [1.54, 1.807) is 0 Å². The van der Waals surface area contributed by atoms with Gasteiger partial charge in [0.25, 0.3) is 0 Å². The second kappa shape index (κ2) is 5.73. The maximum Gasteiger partial charge on any atom is 0.101 e. The molecule has 6 aromatic rings. The average Bonchev–Trinajstić information content (AvgIpc) is 3.28. The third-order valence-corrected chi connectivity index (χ3v) is 5.81. The third-order valence-electron chi connectivity index (χ3n) is 5.81. The number of nitriles is 1. The van der Waals surface area contributed by atoms with Crippen LogP contribution in [0.3, 0.4) is 0 Å². The van der Waals surface area contributed by atoms with Crippen LogP contribution < -0.4 is 0 Å². The van der Waals surface area contributed by atoms with Crippen LogP contribution in [0.5, 0.6) is 0 Å². The van der Waals surface area contributed by atoms with Gasteiger partial charge in [0.05, 0.1) is 16.6 Å². The Morgan fingerprint density at radius 1 is 0.759 bits per heavy atom. The molecule has 4 aromatic carbocycles. The van der Waals surface area contributed by atoms with Crippen molar-refractivity contribution < 1.29 is 0 Å². The van der Waals surface area contributed by atoms with Gasteiger partial charge in [0.2, 0.25) is 0 Å². The summed E-state index contributed by atoms with van der Waals surface area (Å²) in [6, 6.07) is 29.7. The van der Waals surface area contributed by atoms with Gasteiger partial charge >= 0.3 is 0 Å². The Hall–Kier alpha value is -4.03. The van der Waals surface area contributed by atoms with Crippen LogP contribution in [0.2, 0.25) is 0 Å². The van der Waals surface area contributed by atoms with E-state index < -0.39 is 0 Å². The Bertz CT molecular complexity index is 1620. The number of benzene rings is 4. The number of aromatic amines is 1. The minimum atomic E-state index is 0.690. The topological polar surface area (TPSA) is 44.5 Å². The van der Waals surface area contributed by atoms with Gasteiger partial charge in [-0.1, -0.05) is 42.0 Å². The summed E-state index contributed by atoms with van der Waals surface area (Å²) in [5.74, 6) is 0. The molecular weight excluding hydrogens is 354 g/mol. The van der Waals surface area contributed by atoms with Gasteiger partial charge < -0.3 is 9.55 Å². The molecule has 1 N–H and O–H groups in total. The molecular formula is C26H17N3. The number of aromatic nitrogens is 2. The summed E-state index contributed by atoms with van der Waals surface area (Å²) in [6.45, 7) is 2.11. The van der Waals surface area contributed by atoms with E-state index in [0.29, 0.717) is 5.56 Å². The highest BCUT2D eigenvalue weighted by Crippen LogP contribution is 2.36. The lowest BCUT2D eigenvalue weighted by Crippen LogP contribution is -1.95. The number of para-hydroxylation sites is 2. The Labute approximate surface area is 167 Å². The quantitative estimate of drug-likeness (QED) is 0.348. The number of aryl methyl sites for hydroxylation is 1. The van der Waals surface area contributed by atoms with Crippen LogP contribution in [-0.2, 0) is 0 Å². The molecule has 3 heteroatoms. The molecule has 0 aliphatic heterocycles. The van der Waals surface area contributed by atoms with E-state index in [-0.39, 0.29) is 0 Å². The Morgan fingerprint density at radius 3 is 2.48 bits per heavy atom. The lowest BCUT2D eigenvalue weighted by Gasteiger charge is -2.09. The van der Waals surface area contributed by atoms with Crippen molar-refractivity contribution in [1.29, 1.82) is 5.26 Å². The van der Waals surface area contributed by atoms with Gasteiger partial charge in [-0.05, 0) is 49.4 Å². The average molecular weight is 371 g/mol. The van der Waals surface area contributed by atoms with Crippen molar-refractivity contribution in [3.05, 3.63) is 90.0 Å². The maximum atomic E-state index is 9.80. The normalized spacial score (nSPS) is 11.6. The first-order valence-corrected chi connectivity index (χ1v) is 9.69. The minimum Gasteiger partial charge on any atom is -0.355 e. The third kappa shape index (κ3) is 2.17. The molecule has 3 nitrogen and oxygen atoms in total. The summed E-state index contributed by atoms with van der Waals surface area (Å²) in [7, 11) is 0. The van der Waals surface area contributed by atoms with Crippen molar-refractivity contribution >= 4 is 43.6 Å². The fourth-order valence-corrected chi connectivity index (χ4v) is 4.52. The molecule has 2 heterocycles. The zero-order valence-corrected chi connectivity index (χ0v) is 15.9. The zero-order valence-electron chi connectivity index (χ0n) is 15.9. The second-order valence-electron chi connectivity index (χ2n) is 7.57. The highest BCUT2D eigenvalue weighted by Gasteiger charge is 2.16. The molecule has 0 aliphatic rings. The van der Waals surface area contributed by atoms with E-state index in [1.807, 2.05) is 18.2 Å². The lowest BCUT2D eigenvalue weighted by atomic mass is 10.1. The standard InChI is InChI=1S/C26H17N3/c1-16-9-12-25-22(13-16)20-7-4-5-17(15-27)26(20)29(25)18-10-11-24-21(14-18)19-6-2-3-8-23(19)28-24/h2-14,28H,1H3. The molecule has 0 saturated carbocycles. The van der Waals surface area contributed by atoms with E-state index in [2.05, 4.69) is 83.2 Å². The van der Waals surface area contributed by atoms with Gasteiger partial charge in [-0.3, -0.25) is 0 Å². The molecule has 0 spiro atoms. The van der Waals surface area contributed by atoms with E-state index in [1.165, 1.54) is 21.7 Å². The summed E-state index contributed by atoms with van der Waals surface area (Å²) >= 11 is 0. The summed E-state index contributed by atoms with van der Waals surface area (Å²) in [6.07, 6.45) is 0. The van der Waals surface area contributed by atoms with Crippen LogP contribution in [0.15, 0.2) is 78.9 Å². The molecule has 0 bridgehead atoms. The molecule has 136 valence electrons. The molecule has 0 saturated heterocycles. The van der Waals surface area contributed by atoms with Crippen LogP contribution in [0, 0.1) is 18.3 Å². The molecule has 6 rings (SSSR count). The molecule has 2 aromatic heterocycles. The van der Waals surface area contributed by atoms with Gasteiger partial charge in [0, 0.05) is 38.3 Å². The summed E-state index contributed by atoms with van der Waals surface area (Å²) < 4.78 is 2.23. The molecule has 0 aliphatic carbocycles. The highest BCUT2D eigenvalue weighted by molar-refractivity contribution is 6.12. The van der Waals surface area contributed by atoms with Gasteiger partial charge in [0.15, 0.2) is 0 Å². The van der Waals surface area contributed by atoms with Crippen molar-refractivity contribution in [1.82, 2.24) is 9.55 Å². The predicted molar refractivity (Wildman–Crippen MR) is 120 cm³/mol. The van der Waals surface area contributed by atoms with Crippen molar-refractivity contribution in [3.8, 4) is 11.8 Å². The Morgan fingerprint density at radius 2 is 1.59 bits per heavy atom. The predicted octanol–water partition coefficient (Wildman–Crippen LogP) is 6.60. The summed E-state index contributed by atoms with van der Waals surface area (Å²) in [4.78, 5) is 3.49. The van der Waals surface area contributed by atoms with Crippen LogP contribution >= 0.6 is 0 Å². The van der Waals surface area contributed by atoms with Gasteiger partial charge in [-0.2, -0.15) is 5.26 Å². The molecule has 0 fully saturated rings. The number of nitrogens with one attached hydrogen (secondary N) is 1.